The Kier molecular flexibility index (Phi) is 9.35. The molecular formula is C31H40FN7O6. The van der Waals surface area contributed by atoms with E-state index in [1.165, 1.54) is 11.2 Å². The molecule has 1 aromatic heterocycles. The zero-order valence-corrected chi connectivity index (χ0v) is 26.3. The van der Waals surface area contributed by atoms with Crippen molar-refractivity contribution in [2.45, 2.75) is 59.5 Å². The van der Waals surface area contributed by atoms with E-state index in [1.54, 1.807) is 6.92 Å². The first-order valence-corrected chi connectivity index (χ1v) is 15.3. The summed E-state index contributed by atoms with van der Waals surface area (Å²) in [6.07, 6.45) is 4.82. The number of rotatable bonds is 10. The third kappa shape index (κ3) is 6.47. The molecule has 3 aliphatic heterocycles. The van der Waals surface area contributed by atoms with E-state index in [0.29, 0.717) is 44.0 Å². The van der Waals surface area contributed by atoms with E-state index in [9.17, 15) is 14.4 Å². The smallest absolute Gasteiger partial charge is 0.336 e. The summed E-state index contributed by atoms with van der Waals surface area (Å²) < 4.78 is 32.2. The molecule has 13 nitrogen and oxygen atoms in total. The number of fused-ring (bicyclic) bond motifs is 1. The molecule has 0 radical (unpaired) electrons. The Bertz CT molecular complexity index is 1490. The van der Waals surface area contributed by atoms with Crippen LogP contribution in [0.3, 0.4) is 0 Å². The number of carbonyl (C=O) groups is 3. The van der Waals surface area contributed by atoms with Crippen LogP contribution < -0.4 is 24.8 Å². The number of aromatic nitrogens is 3. The average molecular weight is 626 g/mol. The summed E-state index contributed by atoms with van der Waals surface area (Å²) in [4.78, 5) is 49.0. The molecule has 1 unspecified atom stereocenters. The van der Waals surface area contributed by atoms with Crippen molar-refractivity contribution < 1.29 is 33.0 Å². The van der Waals surface area contributed by atoms with Crippen LogP contribution in [0.1, 0.15) is 57.8 Å². The van der Waals surface area contributed by atoms with E-state index in [0.717, 1.165) is 44.1 Å². The van der Waals surface area contributed by atoms with Gasteiger partial charge in [-0.25, -0.2) is 19.0 Å². The maximum absolute atomic E-state index is 15.5. The zero-order chi connectivity index (χ0) is 32.5. The number of likely N-dealkylation sites (tertiary alicyclic amines) is 1. The van der Waals surface area contributed by atoms with E-state index >= 15 is 4.39 Å². The molecule has 1 amide bonds. The number of esters is 2. The van der Waals surface area contributed by atoms with Gasteiger partial charge in [0.15, 0.2) is 17.4 Å². The minimum Gasteiger partial charge on any atom is -0.430 e. The largest absolute Gasteiger partial charge is 0.430 e. The molecule has 1 atom stereocenters. The van der Waals surface area contributed by atoms with Crippen molar-refractivity contribution in [2.75, 3.05) is 44.2 Å². The van der Waals surface area contributed by atoms with Crippen LogP contribution in [-0.4, -0.2) is 94.2 Å². The van der Waals surface area contributed by atoms with Gasteiger partial charge in [-0.05, 0) is 52.1 Å². The SMILES string of the molecule is CCN(C(=O)c1cc(F)c2c(c1Oc1nncnc1N1CCC3(C1)CN(C(CCN)C(C)C)C3)OC(=O)/C=C/C(=O)O2)C(C)C. The standard InChI is InChI=1S/C31H40FN7O6/c1-6-39(19(4)5)30(42)20-13-21(32)26-27(44-24(41)8-7-23(40)43-26)25(20)45-29-28(34-17-35-36-29)37-12-10-31(14-37)15-38(16-31)22(9-11-33)18(2)3/h7-8,13,17-19,22H,6,9-12,14-16,33H2,1-5H3/b8-7+. The summed E-state index contributed by atoms with van der Waals surface area (Å²) in [7, 11) is 0. The topological polar surface area (TPSA) is 153 Å². The Hall–Kier alpha value is -4.17. The second-order valence-electron chi connectivity index (χ2n) is 12.4. The van der Waals surface area contributed by atoms with Crippen molar-refractivity contribution in [2.24, 2.45) is 17.1 Å². The molecule has 0 bridgehead atoms. The summed E-state index contributed by atoms with van der Waals surface area (Å²) >= 11 is 0. The molecular weight excluding hydrogens is 585 g/mol. The molecule has 1 aromatic carbocycles. The molecule has 2 saturated heterocycles. The van der Waals surface area contributed by atoms with Crippen LogP contribution in [0.5, 0.6) is 23.1 Å². The van der Waals surface area contributed by atoms with E-state index < -0.39 is 35.2 Å². The predicted octanol–water partition coefficient (Wildman–Crippen LogP) is 2.94. The first-order valence-electron chi connectivity index (χ1n) is 15.3. The summed E-state index contributed by atoms with van der Waals surface area (Å²) in [5.41, 5.74) is 5.70. The van der Waals surface area contributed by atoms with Crippen molar-refractivity contribution in [3.63, 3.8) is 0 Å². The molecule has 0 aliphatic carbocycles. The second-order valence-corrected chi connectivity index (χ2v) is 12.4. The summed E-state index contributed by atoms with van der Waals surface area (Å²) in [5.74, 6) is -4.49. The highest BCUT2D eigenvalue weighted by atomic mass is 19.1. The Morgan fingerprint density at radius 3 is 2.44 bits per heavy atom. The number of benzene rings is 1. The lowest BCUT2D eigenvalue weighted by molar-refractivity contribution is -0.133. The Balaban J connectivity index is 1.50. The van der Waals surface area contributed by atoms with E-state index in [-0.39, 0.29) is 28.6 Å². The van der Waals surface area contributed by atoms with Gasteiger partial charge in [-0.15, -0.1) is 10.2 Å². The van der Waals surface area contributed by atoms with Crippen LogP contribution in [0.4, 0.5) is 10.2 Å². The van der Waals surface area contributed by atoms with Crippen molar-refractivity contribution in [1.82, 2.24) is 25.0 Å². The number of hydrogen-bond acceptors (Lipinski definition) is 12. The predicted molar refractivity (Wildman–Crippen MR) is 162 cm³/mol. The minimum absolute atomic E-state index is 0.0608. The molecule has 4 heterocycles. The number of nitrogens with zero attached hydrogens (tertiary/aromatic N) is 6. The van der Waals surface area contributed by atoms with Crippen molar-refractivity contribution >= 4 is 23.7 Å². The number of halogens is 1. The van der Waals surface area contributed by atoms with Gasteiger partial charge in [0.2, 0.25) is 11.5 Å². The van der Waals surface area contributed by atoms with Crippen LogP contribution >= 0.6 is 0 Å². The summed E-state index contributed by atoms with van der Waals surface area (Å²) in [6.45, 7) is 14.0. The Labute approximate surface area is 261 Å². The minimum atomic E-state index is -1.08. The fourth-order valence-corrected chi connectivity index (χ4v) is 6.51. The summed E-state index contributed by atoms with van der Waals surface area (Å²) in [6, 6.07) is 1.07. The van der Waals surface area contributed by atoms with Crippen LogP contribution in [0, 0.1) is 17.2 Å². The normalized spacial score (nSPS) is 19.0. The van der Waals surface area contributed by atoms with Crippen LogP contribution in [0.2, 0.25) is 0 Å². The first kappa shape index (κ1) is 32.2. The van der Waals surface area contributed by atoms with Gasteiger partial charge in [-0.2, -0.15) is 0 Å². The second kappa shape index (κ2) is 13.1. The number of ether oxygens (including phenoxy) is 3. The molecule has 2 N–H and O–H groups in total. The van der Waals surface area contributed by atoms with Gasteiger partial charge in [-0.1, -0.05) is 13.8 Å². The highest BCUT2D eigenvalue weighted by Gasteiger charge is 2.50. The lowest BCUT2D eigenvalue weighted by Gasteiger charge is -2.52. The third-order valence-electron chi connectivity index (χ3n) is 8.65. The van der Waals surface area contributed by atoms with Gasteiger partial charge < -0.3 is 29.7 Å². The quantitative estimate of drug-likeness (QED) is 0.305. The third-order valence-corrected chi connectivity index (χ3v) is 8.65. The Morgan fingerprint density at radius 2 is 1.82 bits per heavy atom. The average Bonchev–Trinajstić information content (AvgIpc) is 3.42. The Morgan fingerprint density at radius 1 is 1.13 bits per heavy atom. The maximum Gasteiger partial charge on any atom is 0.336 e. The number of anilines is 1. The van der Waals surface area contributed by atoms with Gasteiger partial charge in [0, 0.05) is 62.4 Å². The highest BCUT2D eigenvalue weighted by molar-refractivity contribution is 6.01. The first-order chi connectivity index (χ1) is 21.5. The van der Waals surface area contributed by atoms with Crippen molar-refractivity contribution in [3.05, 3.63) is 35.9 Å². The van der Waals surface area contributed by atoms with Gasteiger partial charge in [0.25, 0.3) is 11.8 Å². The molecule has 2 fully saturated rings. The fourth-order valence-electron chi connectivity index (χ4n) is 6.51. The van der Waals surface area contributed by atoms with Crippen molar-refractivity contribution in [3.8, 4) is 23.1 Å². The maximum atomic E-state index is 15.5. The number of carbonyl (C=O) groups excluding carboxylic acids is 3. The van der Waals surface area contributed by atoms with E-state index in [2.05, 4.69) is 33.9 Å². The number of hydrogen-bond donors (Lipinski definition) is 1. The zero-order valence-electron chi connectivity index (χ0n) is 26.3. The van der Waals surface area contributed by atoms with E-state index in [4.69, 9.17) is 19.9 Å². The molecule has 3 aliphatic rings. The molecule has 242 valence electrons. The van der Waals surface area contributed by atoms with Gasteiger partial charge >= 0.3 is 11.9 Å². The number of nitrogens with two attached hydrogens (primary N) is 1. The van der Waals surface area contributed by atoms with Crippen LogP contribution in [0.25, 0.3) is 0 Å². The van der Waals surface area contributed by atoms with Crippen LogP contribution in [-0.2, 0) is 9.59 Å². The monoisotopic (exact) mass is 625 g/mol. The molecule has 45 heavy (non-hydrogen) atoms. The molecule has 2 aromatic rings. The fraction of sp³-hybridized carbons (Fsp3) is 0.548. The lowest BCUT2D eigenvalue weighted by Crippen LogP contribution is -2.62. The lowest BCUT2D eigenvalue weighted by atomic mass is 9.76. The molecule has 1 spiro atoms. The molecule has 5 rings (SSSR count). The molecule has 14 heteroatoms. The number of amides is 1. The van der Waals surface area contributed by atoms with Crippen LogP contribution in [0.15, 0.2) is 24.5 Å². The van der Waals surface area contributed by atoms with E-state index in [1.807, 2.05) is 18.7 Å². The van der Waals surface area contributed by atoms with Gasteiger partial charge in [-0.3, -0.25) is 9.69 Å². The summed E-state index contributed by atoms with van der Waals surface area (Å²) in [5, 5.41) is 8.06. The van der Waals surface area contributed by atoms with Gasteiger partial charge in [0.1, 0.15) is 6.33 Å². The molecule has 0 saturated carbocycles. The highest BCUT2D eigenvalue weighted by Crippen LogP contribution is 2.48. The van der Waals surface area contributed by atoms with Crippen molar-refractivity contribution in [1.29, 1.82) is 0 Å². The van der Waals surface area contributed by atoms with Gasteiger partial charge in [0.05, 0.1) is 5.56 Å².